The second-order valence-corrected chi connectivity index (χ2v) is 5.20. The van der Waals surface area contributed by atoms with Crippen LogP contribution in [0.4, 0.5) is 0 Å². The summed E-state index contributed by atoms with van der Waals surface area (Å²) in [5.74, 6) is 1.24. The van der Waals surface area contributed by atoms with Crippen LogP contribution in [-0.4, -0.2) is 36.8 Å². The molecule has 1 aliphatic heterocycles. The van der Waals surface area contributed by atoms with Crippen molar-refractivity contribution >= 4 is 11.8 Å². The summed E-state index contributed by atoms with van der Waals surface area (Å²) >= 11 is 2.10. The zero-order valence-electron chi connectivity index (χ0n) is 8.71. The van der Waals surface area contributed by atoms with E-state index in [9.17, 15) is 0 Å². The van der Waals surface area contributed by atoms with Crippen LogP contribution in [0.3, 0.4) is 0 Å². The van der Waals surface area contributed by atoms with Gasteiger partial charge in [0.1, 0.15) is 0 Å². The molecule has 1 heterocycles. The molecule has 0 bridgehead atoms. The zero-order chi connectivity index (χ0) is 9.52. The van der Waals surface area contributed by atoms with Gasteiger partial charge in [0.2, 0.25) is 0 Å². The Hall–Kier alpha value is 0.270. The van der Waals surface area contributed by atoms with Crippen LogP contribution in [0.1, 0.15) is 26.7 Å². The summed E-state index contributed by atoms with van der Waals surface area (Å²) in [6.45, 7) is 7.46. The number of hydrogen-bond acceptors (Lipinski definition) is 3. The van der Waals surface area contributed by atoms with E-state index in [0.717, 1.165) is 25.0 Å². The summed E-state index contributed by atoms with van der Waals surface area (Å²) in [6, 6.07) is 0.621. The largest absolute Gasteiger partial charge is 0.381 e. The maximum absolute atomic E-state index is 5.32. The molecule has 0 aliphatic carbocycles. The lowest BCUT2D eigenvalue weighted by Crippen LogP contribution is -2.26. The molecule has 0 aromatic heterocycles. The third-order valence-electron chi connectivity index (χ3n) is 2.18. The Balaban J connectivity index is 1.92. The molecule has 0 aromatic rings. The van der Waals surface area contributed by atoms with Gasteiger partial charge < -0.3 is 10.1 Å². The minimum Gasteiger partial charge on any atom is -0.381 e. The van der Waals surface area contributed by atoms with Gasteiger partial charge in [-0.15, -0.1) is 0 Å². The third kappa shape index (κ3) is 5.55. The quantitative estimate of drug-likeness (QED) is 0.690. The van der Waals surface area contributed by atoms with E-state index < -0.39 is 0 Å². The minimum absolute atomic E-state index is 0.621. The Morgan fingerprint density at radius 3 is 2.69 bits per heavy atom. The first kappa shape index (κ1) is 11.3. The summed E-state index contributed by atoms with van der Waals surface area (Å²) < 4.78 is 5.32. The van der Waals surface area contributed by atoms with Gasteiger partial charge >= 0.3 is 0 Å². The molecular formula is C10H21NOS. The lowest BCUT2D eigenvalue weighted by Gasteiger charge is -2.21. The highest BCUT2D eigenvalue weighted by atomic mass is 32.2. The molecule has 13 heavy (non-hydrogen) atoms. The van der Waals surface area contributed by atoms with E-state index in [1.807, 2.05) is 0 Å². The highest BCUT2D eigenvalue weighted by Gasteiger charge is 2.13. The normalized spacial score (nSPS) is 19.6. The molecule has 0 unspecified atom stereocenters. The third-order valence-corrected chi connectivity index (χ3v) is 3.56. The highest BCUT2D eigenvalue weighted by Crippen LogP contribution is 2.21. The summed E-state index contributed by atoms with van der Waals surface area (Å²) in [4.78, 5) is 0. The van der Waals surface area contributed by atoms with Crippen LogP contribution in [0, 0.1) is 0 Å². The average Bonchev–Trinajstić information content (AvgIpc) is 2.14. The van der Waals surface area contributed by atoms with Gasteiger partial charge in [-0.2, -0.15) is 11.8 Å². The van der Waals surface area contributed by atoms with Crippen LogP contribution in [0.5, 0.6) is 0 Å². The van der Waals surface area contributed by atoms with Crippen molar-refractivity contribution in [3.8, 4) is 0 Å². The average molecular weight is 203 g/mol. The molecule has 1 fully saturated rings. The van der Waals surface area contributed by atoms with Crippen molar-refractivity contribution in [1.82, 2.24) is 5.32 Å². The predicted octanol–water partition coefficient (Wildman–Crippen LogP) is 1.90. The number of nitrogens with one attached hydrogen (secondary N) is 1. The fourth-order valence-electron chi connectivity index (χ4n) is 1.42. The van der Waals surface area contributed by atoms with Crippen molar-refractivity contribution in [2.24, 2.45) is 0 Å². The molecule has 1 saturated heterocycles. The Morgan fingerprint density at radius 1 is 1.38 bits per heavy atom. The first-order valence-electron chi connectivity index (χ1n) is 5.22. The van der Waals surface area contributed by atoms with Crippen molar-refractivity contribution in [2.75, 3.05) is 25.5 Å². The molecule has 0 atom stereocenters. The Labute approximate surface area is 85.8 Å². The van der Waals surface area contributed by atoms with Gasteiger partial charge in [-0.3, -0.25) is 0 Å². The molecule has 1 N–H and O–H groups in total. The Kier molecular flexibility index (Phi) is 5.83. The molecule has 1 rings (SSSR count). The van der Waals surface area contributed by atoms with Crippen LogP contribution in [0.25, 0.3) is 0 Å². The molecule has 0 amide bonds. The SMILES string of the molecule is CC(C)NCCSC1CCOCC1. The van der Waals surface area contributed by atoms with Crippen molar-refractivity contribution in [1.29, 1.82) is 0 Å². The van der Waals surface area contributed by atoms with Gasteiger partial charge in [0.15, 0.2) is 0 Å². The van der Waals surface area contributed by atoms with E-state index in [1.165, 1.54) is 18.6 Å². The van der Waals surface area contributed by atoms with Crippen LogP contribution >= 0.6 is 11.8 Å². The van der Waals surface area contributed by atoms with Gasteiger partial charge in [-0.25, -0.2) is 0 Å². The fourth-order valence-corrected chi connectivity index (χ4v) is 2.51. The standard InChI is InChI=1S/C10H21NOS/c1-9(2)11-5-8-13-10-3-6-12-7-4-10/h9-11H,3-8H2,1-2H3. The van der Waals surface area contributed by atoms with Crippen LogP contribution in [0.15, 0.2) is 0 Å². The van der Waals surface area contributed by atoms with E-state index in [1.54, 1.807) is 0 Å². The van der Waals surface area contributed by atoms with Crippen molar-refractivity contribution in [2.45, 2.75) is 38.0 Å². The smallest absolute Gasteiger partial charge is 0.0476 e. The van der Waals surface area contributed by atoms with E-state index in [4.69, 9.17) is 4.74 Å². The highest BCUT2D eigenvalue weighted by molar-refractivity contribution is 7.99. The predicted molar refractivity (Wildman–Crippen MR) is 59.4 cm³/mol. The number of ether oxygens (including phenoxy) is 1. The minimum atomic E-state index is 0.621. The molecule has 0 saturated carbocycles. The van der Waals surface area contributed by atoms with Crippen LogP contribution in [0.2, 0.25) is 0 Å². The number of thioether (sulfide) groups is 1. The molecule has 3 heteroatoms. The molecule has 78 valence electrons. The van der Waals surface area contributed by atoms with Gasteiger partial charge in [-0.1, -0.05) is 13.8 Å². The van der Waals surface area contributed by atoms with E-state index in [2.05, 4.69) is 30.9 Å². The maximum atomic E-state index is 5.32. The van der Waals surface area contributed by atoms with Gasteiger partial charge in [0.25, 0.3) is 0 Å². The summed E-state index contributed by atoms with van der Waals surface area (Å²) in [7, 11) is 0. The maximum Gasteiger partial charge on any atom is 0.0476 e. The van der Waals surface area contributed by atoms with E-state index >= 15 is 0 Å². The topological polar surface area (TPSA) is 21.3 Å². The first-order valence-corrected chi connectivity index (χ1v) is 6.26. The Bertz CT molecular complexity index is 124. The monoisotopic (exact) mass is 203 g/mol. The van der Waals surface area contributed by atoms with Gasteiger partial charge in [0.05, 0.1) is 0 Å². The van der Waals surface area contributed by atoms with Crippen LogP contribution < -0.4 is 5.32 Å². The second kappa shape index (κ2) is 6.68. The first-order chi connectivity index (χ1) is 6.29. The molecule has 1 aliphatic rings. The number of rotatable bonds is 5. The summed E-state index contributed by atoms with van der Waals surface area (Å²) in [6.07, 6.45) is 2.48. The van der Waals surface area contributed by atoms with Crippen molar-refractivity contribution in [3.05, 3.63) is 0 Å². The fraction of sp³-hybridized carbons (Fsp3) is 1.00. The van der Waals surface area contributed by atoms with E-state index in [-0.39, 0.29) is 0 Å². The Morgan fingerprint density at radius 2 is 2.08 bits per heavy atom. The summed E-state index contributed by atoms with van der Waals surface area (Å²) in [5.41, 5.74) is 0. The molecule has 0 spiro atoms. The molecule has 0 radical (unpaired) electrons. The molecular weight excluding hydrogens is 182 g/mol. The van der Waals surface area contributed by atoms with Crippen molar-refractivity contribution in [3.63, 3.8) is 0 Å². The summed E-state index contributed by atoms with van der Waals surface area (Å²) in [5, 5.41) is 4.28. The lowest BCUT2D eigenvalue weighted by molar-refractivity contribution is 0.100. The van der Waals surface area contributed by atoms with Crippen molar-refractivity contribution < 1.29 is 4.74 Å². The van der Waals surface area contributed by atoms with Gasteiger partial charge in [0, 0.05) is 36.8 Å². The van der Waals surface area contributed by atoms with Gasteiger partial charge in [-0.05, 0) is 12.8 Å². The second-order valence-electron chi connectivity index (χ2n) is 3.79. The molecule has 2 nitrogen and oxygen atoms in total. The lowest BCUT2D eigenvalue weighted by atomic mass is 10.2. The number of hydrogen-bond donors (Lipinski definition) is 1. The van der Waals surface area contributed by atoms with Crippen LogP contribution in [-0.2, 0) is 4.74 Å². The zero-order valence-corrected chi connectivity index (χ0v) is 9.53. The molecule has 0 aromatic carbocycles. The van der Waals surface area contributed by atoms with E-state index in [0.29, 0.717) is 6.04 Å².